The van der Waals surface area contributed by atoms with Crippen molar-refractivity contribution >= 4 is 5.90 Å². The largest absolute Gasteiger partial charge is 0.482 e. The molecule has 1 aliphatic rings. The SMILES string of the molecule is COC1=NO[C@@H](CO)C1. The summed E-state index contributed by atoms with van der Waals surface area (Å²) in [6.45, 7) is -0.00361. The zero-order valence-electron chi connectivity index (χ0n) is 5.20. The van der Waals surface area contributed by atoms with E-state index in [1.807, 2.05) is 0 Å². The fraction of sp³-hybridized carbons (Fsp3) is 0.800. The summed E-state index contributed by atoms with van der Waals surface area (Å²) < 4.78 is 4.76. The van der Waals surface area contributed by atoms with E-state index in [2.05, 4.69) is 5.16 Å². The van der Waals surface area contributed by atoms with Gasteiger partial charge in [0.15, 0.2) is 6.10 Å². The van der Waals surface area contributed by atoms with Crippen LogP contribution in [0.3, 0.4) is 0 Å². The van der Waals surface area contributed by atoms with Crippen molar-refractivity contribution in [1.29, 1.82) is 0 Å². The predicted molar refractivity (Wildman–Crippen MR) is 31.0 cm³/mol. The van der Waals surface area contributed by atoms with Gasteiger partial charge in [-0.25, -0.2) is 0 Å². The van der Waals surface area contributed by atoms with E-state index in [-0.39, 0.29) is 12.7 Å². The zero-order valence-corrected chi connectivity index (χ0v) is 5.20. The molecule has 1 rings (SSSR count). The number of hydrogen-bond donors (Lipinski definition) is 1. The molecular formula is C5H9NO3. The fourth-order valence-electron chi connectivity index (χ4n) is 0.621. The maximum absolute atomic E-state index is 8.53. The third-order valence-electron chi connectivity index (χ3n) is 1.15. The highest BCUT2D eigenvalue weighted by molar-refractivity contribution is 5.76. The second-order valence-corrected chi connectivity index (χ2v) is 1.80. The Morgan fingerprint density at radius 3 is 3.11 bits per heavy atom. The topological polar surface area (TPSA) is 51.0 Å². The van der Waals surface area contributed by atoms with Crippen LogP contribution in [0, 0.1) is 0 Å². The summed E-state index contributed by atoms with van der Waals surface area (Å²) in [5, 5.41) is 12.1. The Bertz CT molecular complexity index is 123. The summed E-state index contributed by atoms with van der Waals surface area (Å²) in [6, 6.07) is 0. The molecule has 0 aromatic carbocycles. The number of aliphatic hydroxyl groups is 1. The molecule has 0 amide bonds. The number of oxime groups is 1. The van der Waals surface area contributed by atoms with Gasteiger partial charge in [0.05, 0.1) is 20.1 Å². The minimum absolute atomic E-state index is 0.00361. The highest BCUT2D eigenvalue weighted by Crippen LogP contribution is 2.08. The lowest BCUT2D eigenvalue weighted by Gasteiger charge is -1.99. The highest BCUT2D eigenvalue weighted by atomic mass is 16.7. The summed E-state index contributed by atoms with van der Waals surface area (Å²) in [5.41, 5.74) is 0. The summed E-state index contributed by atoms with van der Waals surface area (Å²) in [6.07, 6.45) is 0.382. The monoisotopic (exact) mass is 131 g/mol. The van der Waals surface area contributed by atoms with Gasteiger partial charge in [0, 0.05) is 0 Å². The van der Waals surface area contributed by atoms with Gasteiger partial charge in [-0.3, -0.25) is 0 Å². The second-order valence-electron chi connectivity index (χ2n) is 1.80. The molecule has 0 fully saturated rings. The van der Waals surface area contributed by atoms with Crippen LogP contribution < -0.4 is 0 Å². The first-order chi connectivity index (χ1) is 4.36. The first-order valence-electron chi connectivity index (χ1n) is 2.74. The quantitative estimate of drug-likeness (QED) is 0.532. The summed E-state index contributed by atoms with van der Waals surface area (Å²) in [7, 11) is 1.53. The Balaban J connectivity index is 2.31. The summed E-state index contributed by atoms with van der Waals surface area (Å²) in [4.78, 5) is 4.72. The van der Waals surface area contributed by atoms with Gasteiger partial charge in [-0.05, 0) is 0 Å². The minimum Gasteiger partial charge on any atom is -0.482 e. The zero-order chi connectivity index (χ0) is 6.69. The standard InChI is InChI=1S/C5H9NO3/c1-8-5-2-4(3-7)9-6-5/h4,7H,2-3H2,1H3/t4-/m1/s1. The van der Waals surface area contributed by atoms with Crippen LogP contribution in [0.2, 0.25) is 0 Å². The van der Waals surface area contributed by atoms with E-state index in [1.54, 1.807) is 0 Å². The maximum Gasteiger partial charge on any atom is 0.229 e. The molecule has 1 aliphatic heterocycles. The molecule has 0 aromatic heterocycles. The number of nitrogens with zero attached hydrogens (tertiary/aromatic N) is 1. The second kappa shape index (κ2) is 2.68. The van der Waals surface area contributed by atoms with Crippen molar-refractivity contribution in [1.82, 2.24) is 0 Å². The molecule has 1 atom stereocenters. The maximum atomic E-state index is 8.53. The number of hydrogen-bond acceptors (Lipinski definition) is 4. The Kier molecular flexibility index (Phi) is 1.89. The minimum atomic E-state index is -0.194. The van der Waals surface area contributed by atoms with E-state index in [4.69, 9.17) is 14.7 Å². The molecule has 0 unspecified atom stereocenters. The van der Waals surface area contributed by atoms with Gasteiger partial charge in [-0.15, -0.1) is 0 Å². The number of rotatable bonds is 1. The Morgan fingerprint density at radius 1 is 2.00 bits per heavy atom. The van der Waals surface area contributed by atoms with Crippen LogP contribution >= 0.6 is 0 Å². The highest BCUT2D eigenvalue weighted by Gasteiger charge is 2.19. The Morgan fingerprint density at radius 2 is 2.78 bits per heavy atom. The van der Waals surface area contributed by atoms with Gasteiger partial charge < -0.3 is 14.7 Å². The summed E-state index contributed by atoms with van der Waals surface area (Å²) >= 11 is 0. The molecule has 0 aromatic rings. The molecule has 0 saturated carbocycles. The van der Waals surface area contributed by atoms with Gasteiger partial charge in [0.25, 0.3) is 0 Å². The molecule has 9 heavy (non-hydrogen) atoms. The van der Waals surface area contributed by atoms with Crippen LogP contribution in [0.1, 0.15) is 6.42 Å². The lowest BCUT2D eigenvalue weighted by molar-refractivity contribution is 0.0389. The molecule has 4 nitrogen and oxygen atoms in total. The van der Waals surface area contributed by atoms with Crippen molar-refractivity contribution in [2.24, 2.45) is 5.16 Å². The third kappa shape index (κ3) is 1.32. The summed E-state index contributed by atoms with van der Waals surface area (Å²) in [5.74, 6) is 0.550. The van der Waals surface area contributed by atoms with Gasteiger partial charge in [-0.2, -0.15) is 0 Å². The van der Waals surface area contributed by atoms with E-state index < -0.39 is 0 Å². The number of methoxy groups -OCH3 is 1. The Labute approximate surface area is 53.1 Å². The van der Waals surface area contributed by atoms with Crippen molar-refractivity contribution in [3.8, 4) is 0 Å². The number of ether oxygens (including phenoxy) is 1. The average Bonchev–Trinajstić information content (AvgIpc) is 2.34. The molecule has 0 spiro atoms. The van der Waals surface area contributed by atoms with E-state index >= 15 is 0 Å². The normalized spacial score (nSPS) is 25.1. The molecule has 0 saturated heterocycles. The molecule has 0 radical (unpaired) electrons. The Hall–Kier alpha value is -0.770. The number of aliphatic hydroxyl groups excluding tert-OH is 1. The van der Waals surface area contributed by atoms with Crippen LogP contribution in [0.15, 0.2) is 5.16 Å². The van der Waals surface area contributed by atoms with Crippen LogP contribution in [-0.4, -0.2) is 30.8 Å². The van der Waals surface area contributed by atoms with E-state index in [0.29, 0.717) is 12.3 Å². The van der Waals surface area contributed by atoms with Crippen LogP contribution in [-0.2, 0) is 9.57 Å². The van der Waals surface area contributed by atoms with Crippen LogP contribution in [0.25, 0.3) is 0 Å². The van der Waals surface area contributed by atoms with Crippen molar-refractivity contribution < 1.29 is 14.7 Å². The lowest BCUT2D eigenvalue weighted by atomic mass is 10.3. The molecule has 4 heteroatoms. The van der Waals surface area contributed by atoms with Crippen LogP contribution in [0.4, 0.5) is 0 Å². The molecule has 0 aliphatic carbocycles. The molecule has 1 N–H and O–H groups in total. The smallest absolute Gasteiger partial charge is 0.229 e. The molecular weight excluding hydrogens is 122 g/mol. The first-order valence-corrected chi connectivity index (χ1v) is 2.74. The van der Waals surface area contributed by atoms with Gasteiger partial charge in [0.2, 0.25) is 5.90 Å². The van der Waals surface area contributed by atoms with E-state index in [0.717, 1.165) is 0 Å². The third-order valence-corrected chi connectivity index (χ3v) is 1.15. The van der Waals surface area contributed by atoms with Gasteiger partial charge in [-0.1, -0.05) is 5.16 Å². The average molecular weight is 131 g/mol. The van der Waals surface area contributed by atoms with E-state index in [9.17, 15) is 0 Å². The van der Waals surface area contributed by atoms with E-state index in [1.165, 1.54) is 7.11 Å². The van der Waals surface area contributed by atoms with Crippen LogP contribution in [0.5, 0.6) is 0 Å². The van der Waals surface area contributed by atoms with Crippen molar-refractivity contribution in [3.05, 3.63) is 0 Å². The van der Waals surface area contributed by atoms with Gasteiger partial charge in [0.1, 0.15) is 0 Å². The van der Waals surface area contributed by atoms with Crippen molar-refractivity contribution in [3.63, 3.8) is 0 Å². The molecule has 0 bridgehead atoms. The van der Waals surface area contributed by atoms with Gasteiger partial charge >= 0.3 is 0 Å². The lowest BCUT2D eigenvalue weighted by Crippen LogP contribution is -2.12. The van der Waals surface area contributed by atoms with Crippen molar-refractivity contribution in [2.75, 3.05) is 13.7 Å². The predicted octanol–water partition coefficient (Wildman–Crippen LogP) is -0.273. The first kappa shape index (κ1) is 6.35. The molecule has 52 valence electrons. The van der Waals surface area contributed by atoms with Crippen molar-refractivity contribution in [2.45, 2.75) is 12.5 Å². The molecule has 1 heterocycles. The fourth-order valence-corrected chi connectivity index (χ4v) is 0.621.